The molecule has 0 radical (unpaired) electrons. The summed E-state index contributed by atoms with van der Waals surface area (Å²) in [5.41, 5.74) is 0. The number of amides is 1. The summed E-state index contributed by atoms with van der Waals surface area (Å²) in [6, 6.07) is 0. The SMILES string of the molecule is CCCOC(=O)NCCCN(C)C.O=C(O)C(F)(F)F. The second-order valence-electron chi connectivity index (χ2n) is 4.02. The molecule has 0 aromatic carbocycles. The highest BCUT2D eigenvalue weighted by Gasteiger charge is 2.38. The van der Waals surface area contributed by atoms with Crippen LogP contribution in [0.5, 0.6) is 0 Å². The minimum atomic E-state index is -5.08. The molecule has 0 aliphatic carbocycles. The molecule has 0 aromatic rings. The Morgan fingerprint density at radius 1 is 1.30 bits per heavy atom. The largest absolute Gasteiger partial charge is 0.490 e. The van der Waals surface area contributed by atoms with Gasteiger partial charge in [0.1, 0.15) is 0 Å². The first-order chi connectivity index (χ1) is 9.11. The van der Waals surface area contributed by atoms with Crippen LogP contribution in [0, 0.1) is 0 Å². The topological polar surface area (TPSA) is 78.9 Å². The number of hydrogen-bond donors (Lipinski definition) is 2. The molecule has 2 N–H and O–H groups in total. The van der Waals surface area contributed by atoms with Crippen molar-refractivity contribution in [3.05, 3.63) is 0 Å². The highest BCUT2D eigenvalue weighted by atomic mass is 19.4. The number of alkyl halides is 3. The first kappa shape index (κ1) is 20.8. The first-order valence-electron chi connectivity index (χ1n) is 5.96. The van der Waals surface area contributed by atoms with Gasteiger partial charge in [0.25, 0.3) is 0 Å². The summed E-state index contributed by atoms with van der Waals surface area (Å²) < 4.78 is 36.6. The molecule has 0 aromatic heterocycles. The highest BCUT2D eigenvalue weighted by molar-refractivity contribution is 5.73. The fraction of sp³-hybridized carbons (Fsp3) is 0.818. The number of hydrogen-bond acceptors (Lipinski definition) is 4. The highest BCUT2D eigenvalue weighted by Crippen LogP contribution is 2.13. The summed E-state index contributed by atoms with van der Waals surface area (Å²) >= 11 is 0. The van der Waals surface area contributed by atoms with Gasteiger partial charge in [0, 0.05) is 6.54 Å². The van der Waals surface area contributed by atoms with Crippen LogP contribution < -0.4 is 5.32 Å². The van der Waals surface area contributed by atoms with Crippen molar-refractivity contribution in [1.82, 2.24) is 10.2 Å². The normalized spacial score (nSPS) is 10.6. The standard InChI is InChI=1S/C9H20N2O2.C2HF3O2/c1-4-8-13-9(12)10-6-5-7-11(2)3;3-2(4,5)1(6)7/h4-8H2,1-3H3,(H,10,12);(H,6,7). The maximum Gasteiger partial charge on any atom is 0.490 e. The smallest absolute Gasteiger partial charge is 0.475 e. The third-order valence-corrected chi connectivity index (χ3v) is 1.73. The Hall–Kier alpha value is -1.51. The van der Waals surface area contributed by atoms with Crippen LogP contribution in [-0.4, -0.2) is 62.0 Å². The number of carboxylic acids is 1. The number of nitrogens with one attached hydrogen (secondary N) is 1. The lowest BCUT2D eigenvalue weighted by atomic mass is 10.4. The number of nitrogens with zero attached hydrogens (tertiary/aromatic N) is 1. The van der Waals surface area contributed by atoms with Gasteiger partial charge in [0.05, 0.1) is 6.61 Å². The zero-order valence-corrected chi connectivity index (χ0v) is 11.8. The van der Waals surface area contributed by atoms with Gasteiger partial charge < -0.3 is 20.1 Å². The molecule has 0 saturated carbocycles. The zero-order valence-electron chi connectivity index (χ0n) is 11.8. The van der Waals surface area contributed by atoms with E-state index in [0.717, 1.165) is 19.4 Å². The maximum atomic E-state index is 10.9. The number of carboxylic acid groups (broad SMARTS) is 1. The predicted molar refractivity (Wildman–Crippen MR) is 66.5 cm³/mol. The Morgan fingerprint density at radius 2 is 1.80 bits per heavy atom. The lowest BCUT2D eigenvalue weighted by Gasteiger charge is -2.09. The first-order valence-corrected chi connectivity index (χ1v) is 5.96. The molecule has 20 heavy (non-hydrogen) atoms. The summed E-state index contributed by atoms with van der Waals surface area (Å²) in [7, 11) is 4.02. The van der Waals surface area contributed by atoms with Gasteiger partial charge in [0.15, 0.2) is 0 Å². The average molecular weight is 302 g/mol. The number of alkyl carbamates (subject to hydrolysis) is 1. The van der Waals surface area contributed by atoms with Gasteiger partial charge in [0.2, 0.25) is 0 Å². The Balaban J connectivity index is 0. The minimum Gasteiger partial charge on any atom is -0.475 e. The van der Waals surface area contributed by atoms with E-state index in [0.29, 0.717) is 13.2 Å². The Labute approximate surface area is 115 Å². The molecule has 0 bridgehead atoms. The Morgan fingerprint density at radius 3 is 2.15 bits per heavy atom. The van der Waals surface area contributed by atoms with Crippen molar-refractivity contribution in [2.45, 2.75) is 25.9 Å². The van der Waals surface area contributed by atoms with Crippen LogP contribution >= 0.6 is 0 Å². The van der Waals surface area contributed by atoms with Gasteiger partial charge in [-0.15, -0.1) is 0 Å². The van der Waals surface area contributed by atoms with E-state index in [-0.39, 0.29) is 6.09 Å². The van der Waals surface area contributed by atoms with Crippen molar-refractivity contribution < 1.29 is 32.6 Å². The van der Waals surface area contributed by atoms with E-state index in [1.165, 1.54) is 0 Å². The molecule has 6 nitrogen and oxygen atoms in total. The summed E-state index contributed by atoms with van der Waals surface area (Å²) in [6.45, 7) is 4.13. The van der Waals surface area contributed by atoms with E-state index < -0.39 is 12.1 Å². The number of rotatable bonds is 6. The van der Waals surface area contributed by atoms with E-state index in [2.05, 4.69) is 10.2 Å². The minimum absolute atomic E-state index is 0.305. The van der Waals surface area contributed by atoms with Crippen molar-refractivity contribution >= 4 is 12.1 Å². The van der Waals surface area contributed by atoms with E-state index in [4.69, 9.17) is 14.6 Å². The van der Waals surface area contributed by atoms with E-state index in [1.807, 2.05) is 21.0 Å². The number of ether oxygens (including phenoxy) is 1. The van der Waals surface area contributed by atoms with Crippen LogP contribution in [0.2, 0.25) is 0 Å². The van der Waals surface area contributed by atoms with Crippen molar-refractivity contribution in [2.24, 2.45) is 0 Å². The molecule has 0 saturated heterocycles. The van der Waals surface area contributed by atoms with E-state index in [9.17, 15) is 18.0 Å². The number of halogens is 3. The van der Waals surface area contributed by atoms with E-state index >= 15 is 0 Å². The molecule has 0 rings (SSSR count). The Bertz CT molecular complexity index is 283. The summed E-state index contributed by atoms with van der Waals surface area (Å²) in [5, 5.41) is 9.81. The molecule has 1 amide bonds. The van der Waals surface area contributed by atoms with Crippen LogP contribution in [-0.2, 0) is 9.53 Å². The van der Waals surface area contributed by atoms with Crippen LogP contribution in [0.25, 0.3) is 0 Å². The fourth-order valence-electron chi connectivity index (χ4n) is 0.832. The van der Waals surface area contributed by atoms with Gasteiger partial charge in [-0.3, -0.25) is 0 Å². The van der Waals surface area contributed by atoms with E-state index in [1.54, 1.807) is 0 Å². The Kier molecular flexibility index (Phi) is 11.8. The zero-order chi connectivity index (χ0) is 16.2. The van der Waals surface area contributed by atoms with Gasteiger partial charge in [-0.25, -0.2) is 9.59 Å². The molecular formula is C11H21F3N2O4. The molecule has 0 unspecified atom stereocenters. The molecule has 0 aliphatic rings. The molecule has 9 heteroatoms. The maximum absolute atomic E-state index is 10.9. The molecular weight excluding hydrogens is 281 g/mol. The second kappa shape index (κ2) is 11.3. The van der Waals surface area contributed by atoms with Gasteiger partial charge >= 0.3 is 18.2 Å². The lowest BCUT2D eigenvalue weighted by Crippen LogP contribution is -2.27. The summed E-state index contributed by atoms with van der Waals surface area (Å²) in [4.78, 5) is 21.9. The number of carbonyl (C=O) groups is 2. The van der Waals surface area contributed by atoms with Crippen molar-refractivity contribution in [1.29, 1.82) is 0 Å². The molecule has 0 fully saturated rings. The average Bonchev–Trinajstić information content (AvgIpc) is 2.31. The molecule has 0 spiro atoms. The molecule has 0 heterocycles. The molecule has 120 valence electrons. The van der Waals surface area contributed by atoms with Gasteiger partial charge in [-0.2, -0.15) is 13.2 Å². The third kappa shape index (κ3) is 16.5. The predicted octanol–water partition coefficient (Wildman–Crippen LogP) is 1.71. The van der Waals surface area contributed by atoms with Crippen LogP contribution in [0.4, 0.5) is 18.0 Å². The molecule has 0 aliphatic heterocycles. The lowest BCUT2D eigenvalue weighted by molar-refractivity contribution is -0.192. The third-order valence-electron chi connectivity index (χ3n) is 1.73. The summed E-state index contributed by atoms with van der Waals surface area (Å²) in [5.74, 6) is -2.76. The van der Waals surface area contributed by atoms with Gasteiger partial charge in [-0.05, 0) is 33.5 Å². The van der Waals surface area contributed by atoms with Crippen molar-refractivity contribution in [3.63, 3.8) is 0 Å². The monoisotopic (exact) mass is 302 g/mol. The number of aliphatic carboxylic acids is 1. The second-order valence-corrected chi connectivity index (χ2v) is 4.02. The van der Waals surface area contributed by atoms with Crippen molar-refractivity contribution in [2.75, 3.05) is 33.8 Å². The van der Waals surface area contributed by atoms with Crippen LogP contribution in [0.1, 0.15) is 19.8 Å². The number of carbonyl (C=O) groups excluding carboxylic acids is 1. The molecule has 0 atom stereocenters. The summed E-state index contributed by atoms with van der Waals surface area (Å²) in [6.07, 6.45) is -3.57. The quantitative estimate of drug-likeness (QED) is 0.730. The van der Waals surface area contributed by atoms with Crippen LogP contribution in [0.15, 0.2) is 0 Å². The van der Waals surface area contributed by atoms with Crippen molar-refractivity contribution in [3.8, 4) is 0 Å². The fourth-order valence-corrected chi connectivity index (χ4v) is 0.832. The van der Waals surface area contributed by atoms with Crippen LogP contribution in [0.3, 0.4) is 0 Å². The van der Waals surface area contributed by atoms with Gasteiger partial charge in [-0.1, -0.05) is 6.92 Å².